The Morgan fingerprint density at radius 1 is 1.15 bits per heavy atom. The van der Waals surface area contributed by atoms with E-state index in [1.54, 1.807) is 6.07 Å². The van der Waals surface area contributed by atoms with Gasteiger partial charge in [-0.05, 0) is 49.1 Å². The first-order valence-corrected chi connectivity index (χ1v) is 10.8. The fourth-order valence-corrected chi connectivity index (χ4v) is 5.18. The van der Waals surface area contributed by atoms with Gasteiger partial charge in [0.15, 0.2) is 0 Å². The van der Waals surface area contributed by atoms with Crippen LogP contribution in [0.5, 0.6) is 0 Å². The molecule has 3 amide bonds. The fourth-order valence-electron chi connectivity index (χ4n) is 3.23. The van der Waals surface area contributed by atoms with Crippen molar-refractivity contribution in [2.75, 3.05) is 11.9 Å². The molecule has 3 rings (SSSR count). The first kappa shape index (κ1) is 19.6. The van der Waals surface area contributed by atoms with Crippen LogP contribution in [-0.2, 0) is 17.6 Å². The van der Waals surface area contributed by atoms with Crippen molar-refractivity contribution in [1.29, 1.82) is 0 Å². The van der Waals surface area contributed by atoms with Gasteiger partial charge in [0.2, 0.25) is 5.91 Å². The molecule has 4 N–H and O–H groups in total. The Morgan fingerprint density at radius 3 is 2.70 bits per heavy atom. The van der Waals surface area contributed by atoms with Crippen LogP contribution in [0.3, 0.4) is 0 Å². The molecule has 27 heavy (non-hydrogen) atoms. The van der Waals surface area contributed by atoms with E-state index in [-0.39, 0.29) is 18.2 Å². The van der Waals surface area contributed by atoms with E-state index in [0.717, 1.165) is 37.7 Å². The van der Waals surface area contributed by atoms with E-state index < -0.39 is 5.91 Å². The molecule has 0 fully saturated rings. The van der Waals surface area contributed by atoms with E-state index in [1.807, 2.05) is 11.4 Å². The molecule has 1 aliphatic carbocycles. The third-order valence-electron chi connectivity index (χ3n) is 4.53. The lowest BCUT2D eigenvalue weighted by atomic mass is 10.1. The van der Waals surface area contributed by atoms with E-state index in [1.165, 1.54) is 27.6 Å². The van der Waals surface area contributed by atoms with Crippen LogP contribution in [0.2, 0.25) is 0 Å². The zero-order valence-electron chi connectivity index (χ0n) is 15.0. The SMILES string of the molecule is NC(=O)c1c(NC(=O)CCCNC(=O)c2cccs2)sc2c1CCCCC2. The van der Waals surface area contributed by atoms with Crippen molar-refractivity contribution in [3.8, 4) is 0 Å². The molecular formula is C19H23N3O3S2. The van der Waals surface area contributed by atoms with Crippen molar-refractivity contribution in [2.45, 2.75) is 44.9 Å². The smallest absolute Gasteiger partial charge is 0.261 e. The summed E-state index contributed by atoms with van der Waals surface area (Å²) in [7, 11) is 0. The van der Waals surface area contributed by atoms with Crippen LogP contribution in [0, 0.1) is 0 Å². The predicted molar refractivity (Wildman–Crippen MR) is 109 cm³/mol. The number of thiophene rings is 2. The number of primary amides is 1. The number of nitrogens with two attached hydrogens (primary N) is 1. The minimum absolute atomic E-state index is 0.122. The predicted octanol–water partition coefficient (Wildman–Crippen LogP) is 3.33. The summed E-state index contributed by atoms with van der Waals surface area (Å²) in [6, 6.07) is 3.59. The molecule has 1 aliphatic rings. The van der Waals surface area contributed by atoms with E-state index in [0.29, 0.717) is 28.4 Å². The molecule has 0 atom stereocenters. The van der Waals surface area contributed by atoms with Gasteiger partial charge in [0, 0.05) is 17.8 Å². The zero-order chi connectivity index (χ0) is 19.2. The molecule has 0 bridgehead atoms. The molecule has 6 nitrogen and oxygen atoms in total. The van der Waals surface area contributed by atoms with Crippen molar-refractivity contribution in [1.82, 2.24) is 5.32 Å². The summed E-state index contributed by atoms with van der Waals surface area (Å²) in [5.41, 5.74) is 7.08. The number of nitrogens with one attached hydrogen (secondary N) is 2. The molecule has 0 saturated heterocycles. The largest absolute Gasteiger partial charge is 0.365 e. The van der Waals surface area contributed by atoms with Crippen LogP contribution >= 0.6 is 22.7 Å². The second kappa shape index (κ2) is 9.14. The third-order valence-corrected chi connectivity index (χ3v) is 6.61. The highest BCUT2D eigenvalue weighted by molar-refractivity contribution is 7.17. The normalized spacial score (nSPS) is 13.5. The number of rotatable bonds is 7. The summed E-state index contributed by atoms with van der Waals surface area (Å²) < 4.78 is 0. The molecule has 0 saturated carbocycles. The molecule has 0 aromatic carbocycles. The van der Waals surface area contributed by atoms with Crippen molar-refractivity contribution >= 4 is 45.4 Å². The van der Waals surface area contributed by atoms with Gasteiger partial charge in [0.05, 0.1) is 10.4 Å². The first-order valence-electron chi connectivity index (χ1n) is 9.12. The van der Waals surface area contributed by atoms with Crippen molar-refractivity contribution in [2.24, 2.45) is 5.73 Å². The number of carbonyl (C=O) groups is 3. The molecule has 0 unspecified atom stereocenters. The van der Waals surface area contributed by atoms with Crippen LogP contribution in [0.1, 0.15) is 62.6 Å². The average molecular weight is 406 g/mol. The van der Waals surface area contributed by atoms with Crippen LogP contribution in [-0.4, -0.2) is 24.3 Å². The average Bonchev–Trinajstić information content (AvgIpc) is 3.22. The number of fused-ring (bicyclic) bond motifs is 1. The van der Waals surface area contributed by atoms with E-state index in [9.17, 15) is 14.4 Å². The van der Waals surface area contributed by atoms with Crippen LogP contribution in [0.4, 0.5) is 5.00 Å². The molecule has 0 radical (unpaired) electrons. The lowest BCUT2D eigenvalue weighted by Gasteiger charge is -2.07. The topological polar surface area (TPSA) is 101 Å². The highest BCUT2D eigenvalue weighted by atomic mass is 32.1. The molecule has 2 aromatic heterocycles. The molecule has 8 heteroatoms. The molecule has 0 spiro atoms. The highest BCUT2D eigenvalue weighted by Crippen LogP contribution is 2.37. The third kappa shape index (κ3) is 4.95. The minimum Gasteiger partial charge on any atom is -0.365 e. The maximum Gasteiger partial charge on any atom is 0.261 e. The molecule has 2 heterocycles. The summed E-state index contributed by atoms with van der Waals surface area (Å²) in [5, 5.41) is 8.07. The van der Waals surface area contributed by atoms with Gasteiger partial charge in [-0.25, -0.2) is 0 Å². The van der Waals surface area contributed by atoms with Crippen LogP contribution < -0.4 is 16.4 Å². The Hall–Kier alpha value is -2.19. The Labute approximate surface area is 166 Å². The monoisotopic (exact) mass is 405 g/mol. The summed E-state index contributed by atoms with van der Waals surface area (Å²) in [6.45, 7) is 0.424. The number of anilines is 1. The van der Waals surface area contributed by atoms with E-state index in [2.05, 4.69) is 10.6 Å². The van der Waals surface area contributed by atoms with Gasteiger partial charge < -0.3 is 16.4 Å². The number of carbonyl (C=O) groups excluding carboxylic acids is 3. The Morgan fingerprint density at radius 2 is 1.96 bits per heavy atom. The van der Waals surface area contributed by atoms with Crippen LogP contribution in [0.25, 0.3) is 0 Å². The lowest BCUT2D eigenvalue weighted by molar-refractivity contribution is -0.116. The van der Waals surface area contributed by atoms with Gasteiger partial charge in [-0.15, -0.1) is 22.7 Å². The van der Waals surface area contributed by atoms with E-state index in [4.69, 9.17) is 5.73 Å². The highest BCUT2D eigenvalue weighted by Gasteiger charge is 2.24. The Kier molecular flexibility index (Phi) is 6.63. The number of aryl methyl sites for hydroxylation is 1. The second-order valence-corrected chi connectivity index (χ2v) is 8.57. The van der Waals surface area contributed by atoms with E-state index >= 15 is 0 Å². The standard InChI is InChI=1S/C19H23N3O3S2/c20-17(24)16-12-6-2-1-3-7-13(12)27-19(16)22-15(23)9-4-10-21-18(25)14-8-5-11-26-14/h5,8,11H,1-4,6-7,9-10H2,(H2,20,24)(H,21,25)(H,22,23). The van der Waals surface area contributed by atoms with Crippen LogP contribution in [0.15, 0.2) is 17.5 Å². The van der Waals surface area contributed by atoms with Gasteiger partial charge in [-0.1, -0.05) is 12.5 Å². The molecular weight excluding hydrogens is 382 g/mol. The summed E-state index contributed by atoms with van der Waals surface area (Å²) in [5.74, 6) is -0.768. The first-order chi connectivity index (χ1) is 13.1. The lowest BCUT2D eigenvalue weighted by Crippen LogP contribution is -2.25. The quantitative estimate of drug-likeness (QED) is 0.486. The second-order valence-electron chi connectivity index (χ2n) is 6.52. The maximum atomic E-state index is 12.3. The van der Waals surface area contributed by atoms with Gasteiger partial charge in [-0.3, -0.25) is 14.4 Å². The van der Waals surface area contributed by atoms with Crippen molar-refractivity contribution in [3.05, 3.63) is 38.4 Å². The summed E-state index contributed by atoms with van der Waals surface area (Å²) in [4.78, 5) is 37.9. The number of hydrogen-bond acceptors (Lipinski definition) is 5. The van der Waals surface area contributed by atoms with Gasteiger partial charge in [-0.2, -0.15) is 0 Å². The Balaban J connectivity index is 1.53. The van der Waals surface area contributed by atoms with Gasteiger partial charge in [0.1, 0.15) is 5.00 Å². The number of hydrogen-bond donors (Lipinski definition) is 3. The summed E-state index contributed by atoms with van der Waals surface area (Å²) >= 11 is 2.86. The van der Waals surface area contributed by atoms with Gasteiger partial charge in [0.25, 0.3) is 11.8 Å². The fraction of sp³-hybridized carbons (Fsp3) is 0.421. The maximum absolute atomic E-state index is 12.3. The zero-order valence-corrected chi connectivity index (χ0v) is 16.6. The van der Waals surface area contributed by atoms with Crippen molar-refractivity contribution in [3.63, 3.8) is 0 Å². The van der Waals surface area contributed by atoms with Crippen molar-refractivity contribution < 1.29 is 14.4 Å². The molecule has 144 valence electrons. The number of amides is 3. The minimum atomic E-state index is -0.479. The summed E-state index contributed by atoms with van der Waals surface area (Å²) in [6.07, 6.45) is 5.87. The Bertz CT molecular complexity index is 828. The molecule has 0 aliphatic heterocycles. The van der Waals surface area contributed by atoms with Gasteiger partial charge >= 0.3 is 0 Å². The molecule has 2 aromatic rings.